The molecule has 0 saturated carbocycles. The van der Waals surface area contributed by atoms with Crippen LogP contribution in [-0.4, -0.2) is 43.0 Å². The van der Waals surface area contributed by atoms with Gasteiger partial charge in [-0.2, -0.15) is 0 Å². The maximum atomic E-state index is 11.4. The van der Waals surface area contributed by atoms with E-state index in [0.717, 1.165) is 0 Å². The van der Waals surface area contributed by atoms with Crippen LogP contribution in [0.2, 0.25) is 0 Å². The van der Waals surface area contributed by atoms with Crippen LogP contribution < -0.4 is 10.6 Å². The average Bonchev–Trinajstić information content (AvgIpc) is 2.00. The van der Waals surface area contributed by atoms with Gasteiger partial charge in [-0.1, -0.05) is 0 Å². The van der Waals surface area contributed by atoms with Gasteiger partial charge in [0.15, 0.2) is 0 Å². The highest BCUT2D eigenvalue weighted by atomic mass is 16.2. The van der Waals surface area contributed by atoms with E-state index in [4.69, 9.17) is 0 Å². The Hall–Kier alpha value is -1.26. The average molecular weight is 201 g/mol. The lowest BCUT2D eigenvalue weighted by molar-refractivity contribution is -0.121. The highest BCUT2D eigenvalue weighted by molar-refractivity contribution is 5.83. The van der Waals surface area contributed by atoms with Crippen molar-refractivity contribution in [1.29, 1.82) is 0 Å². The lowest BCUT2D eigenvalue weighted by Crippen LogP contribution is -2.49. The van der Waals surface area contributed by atoms with Crippen molar-refractivity contribution in [3.63, 3.8) is 0 Å². The lowest BCUT2D eigenvalue weighted by atomic mass is 10.1. The first-order valence-electron chi connectivity index (χ1n) is 4.50. The Morgan fingerprint density at radius 2 is 1.79 bits per heavy atom. The molecule has 0 aromatic heterocycles. The predicted molar refractivity (Wildman–Crippen MR) is 55.0 cm³/mol. The van der Waals surface area contributed by atoms with Gasteiger partial charge in [0.25, 0.3) is 0 Å². The fraction of sp³-hybridized carbons (Fsp3) is 0.778. The van der Waals surface area contributed by atoms with E-state index >= 15 is 0 Å². The van der Waals surface area contributed by atoms with Gasteiger partial charge in [0.2, 0.25) is 5.91 Å². The van der Waals surface area contributed by atoms with Crippen molar-refractivity contribution in [1.82, 2.24) is 15.5 Å². The molecule has 0 unspecified atom stereocenters. The summed E-state index contributed by atoms with van der Waals surface area (Å²) in [5.74, 6) is -0.184. The molecular formula is C9H19N3O2. The summed E-state index contributed by atoms with van der Waals surface area (Å²) in [7, 11) is 3.12. The topological polar surface area (TPSA) is 61.4 Å². The smallest absolute Gasteiger partial charge is 0.318 e. The molecule has 0 rings (SSSR count). The zero-order valence-corrected chi connectivity index (χ0v) is 9.47. The standard InChI is InChI=1S/C9H19N3O2/c1-9(2,3)11-8(14)12(5)6-7(13)10-4/h6H2,1-5H3,(H,10,13)(H,11,14). The molecule has 0 aliphatic carbocycles. The van der Waals surface area contributed by atoms with E-state index in [1.165, 1.54) is 11.9 Å². The molecule has 0 atom stereocenters. The molecule has 0 aliphatic heterocycles. The maximum absolute atomic E-state index is 11.4. The van der Waals surface area contributed by atoms with Crippen molar-refractivity contribution in [3.8, 4) is 0 Å². The van der Waals surface area contributed by atoms with E-state index in [1.54, 1.807) is 7.05 Å². The Balaban J connectivity index is 4.07. The molecule has 0 fully saturated rings. The van der Waals surface area contributed by atoms with Crippen molar-refractivity contribution in [3.05, 3.63) is 0 Å². The van der Waals surface area contributed by atoms with E-state index < -0.39 is 0 Å². The van der Waals surface area contributed by atoms with Crippen LogP contribution in [0.4, 0.5) is 4.79 Å². The maximum Gasteiger partial charge on any atom is 0.318 e. The van der Waals surface area contributed by atoms with E-state index in [0.29, 0.717) is 0 Å². The number of likely N-dealkylation sites (N-methyl/N-ethyl adjacent to an activating group) is 2. The summed E-state index contributed by atoms with van der Waals surface area (Å²) in [4.78, 5) is 23.7. The Morgan fingerprint density at radius 3 is 2.14 bits per heavy atom. The second-order valence-electron chi connectivity index (χ2n) is 4.21. The molecule has 5 nitrogen and oxygen atoms in total. The van der Waals surface area contributed by atoms with Crippen molar-refractivity contribution in [2.45, 2.75) is 26.3 Å². The molecule has 0 aromatic carbocycles. The van der Waals surface area contributed by atoms with Crippen molar-refractivity contribution >= 4 is 11.9 Å². The third-order valence-electron chi connectivity index (χ3n) is 1.49. The summed E-state index contributed by atoms with van der Waals surface area (Å²) in [6.45, 7) is 5.73. The third-order valence-corrected chi connectivity index (χ3v) is 1.49. The van der Waals surface area contributed by atoms with Gasteiger partial charge in [0, 0.05) is 19.6 Å². The first-order valence-corrected chi connectivity index (χ1v) is 4.50. The Labute approximate surface area is 84.8 Å². The Kier molecular flexibility index (Phi) is 4.40. The number of hydrogen-bond donors (Lipinski definition) is 2. The van der Waals surface area contributed by atoms with E-state index in [-0.39, 0.29) is 24.0 Å². The molecule has 82 valence electrons. The molecular weight excluding hydrogens is 182 g/mol. The number of rotatable bonds is 2. The second-order valence-corrected chi connectivity index (χ2v) is 4.21. The summed E-state index contributed by atoms with van der Waals surface area (Å²) in [5.41, 5.74) is -0.284. The van der Waals surface area contributed by atoms with Crippen LogP contribution in [0.1, 0.15) is 20.8 Å². The third kappa shape index (κ3) is 5.40. The number of nitrogens with zero attached hydrogens (tertiary/aromatic N) is 1. The van der Waals surface area contributed by atoms with Crippen LogP contribution in [0.5, 0.6) is 0 Å². The van der Waals surface area contributed by atoms with Crippen LogP contribution in [0.25, 0.3) is 0 Å². The number of nitrogens with one attached hydrogen (secondary N) is 2. The minimum atomic E-state index is -0.284. The second kappa shape index (κ2) is 4.83. The number of amides is 3. The fourth-order valence-corrected chi connectivity index (χ4v) is 0.782. The highest BCUT2D eigenvalue weighted by Gasteiger charge is 2.17. The van der Waals surface area contributed by atoms with E-state index in [9.17, 15) is 9.59 Å². The minimum Gasteiger partial charge on any atom is -0.358 e. The normalized spacial score (nSPS) is 10.6. The quantitative estimate of drug-likeness (QED) is 0.669. The Bertz CT molecular complexity index is 221. The molecule has 0 bridgehead atoms. The highest BCUT2D eigenvalue weighted by Crippen LogP contribution is 1.99. The van der Waals surface area contributed by atoms with Gasteiger partial charge in [-0.15, -0.1) is 0 Å². The minimum absolute atomic E-state index is 0.0679. The number of urea groups is 1. The van der Waals surface area contributed by atoms with Crippen LogP contribution in [0, 0.1) is 0 Å². The largest absolute Gasteiger partial charge is 0.358 e. The van der Waals surface area contributed by atoms with Crippen molar-refractivity contribution in [2.75, 3.05) is 20.6 Å². The van der Waals surface area contributed by atoms with Gasteiger partial charge in [-0.3, -0.25) is 4.79 Å². The zero-order valence-electron chi connectivity index (χ0n) is 9.47. The van der Waals surface area contributed by atoms with Gasteiger partial charge in [0.05, 0.1) is 0 Å². The van der Waals surface area contributed by atoms with Crippen LogP contribution in [0.3, 0.4) is 0 Å². The van der Waals surface area contributed by atoms with Crippen LogP contribution >= 0.6 is 0 Å². The molecule has 14 heavy (non-hydrogen) atoms. The summed E-state index contributed by atoms with van der Waals surface area (Å²) in [6, 6.07) is -0.249. The summed E-state index contributed by atoms with van der Waals surface area (Å²) >= 11 is 0. The summed E-state index contributed by atoms with van der Waals surface area (Å²) < 4.78 is 0. The molecule has 0 heterocycles. The number of carbonyl (C=O) groups excluding carboxylic acids is 2. The van der Waals surface area contributed by atoms with E-state index in [2.05, 4.69) is 10.6 Å². The predicted octanol–water partition coefficient (Wildman–Crippen LogP) is 0.172. The van der Waals surface area contributed by atoms with Gasteiger partial charge in [-0.25, -0.2) is 4.79 Å². The van der Waals surface area contributed by atoms with Gasteiger partial charge in [-0.05, 0) is 20.8 Å². The van der Waals surface area contributed by atoms with Gasteiger partial charge < -0.3 is 15.5 Å². The first-order chi connectivity index (χ1) is 6.26. The van der Waals surface area contributed by atoms with Crippen molar-refractivity contribution < 1.29 is 9.59 Å². The van der Waals surface area contributed by atoms with Gasteiger partial charge >= 0.3 is 6.03 Å². The Morgan fingerprint density at radius 1 is 1.29 bits per heavy atom. The monoisotopic (exact) mass is 201 g/mol. The molecule has 0 saturated heterocycles. The molecule has 0 radical (unpaired) electrons. The lowest BCUT2D eigenvalue weighted by Gasteiger charge is -2.25. The number of hydrogen-bond acceptors (Lipinski definition) is 2. The van der Waals surface area contributed by atoms with Gasteiger partial charge in [0.1, 0.15) is 6.54 Å². The van der Waals surface area contributed by atoms with Crippen LogP contribution in [0.15, 0.2) is 0 Å². The summed E-state index contributed by atoms with van der Waals surface area (Å²) in [6.07, 6.45) is 0. The molecule has 0 aliphatic rings. The molecule has 3 amide bonds. The molecule has 0 spiro atoms. The zero-order chi connectivity index (χ0) is 11.4. The summed E-state index contributed by atoms with van der Waals surface area (Å²) in [5, 5.41) is 5.21. The SMILES string of the molecule is CNC(=O)CN(C)C(=O)NC(C)(C)C. The molecule has 0 aromatic rings. The van der Waals surface area contributed by atoms with E-state index in [1.807, 2.05) is 20.8 Å². The van der Waals surface area contributed by atoms with Crippen LogP contribution in [-0.2, 0) is 4.79 Å². The fourth-order valence-electron chi connectivity index (χ4n) is 0.782. The molecule has 2 N–H and O–H groups in total. The van der Waals surface area contributed by atoms with Crippen molar-refractivity contribution in [2.24, 2.45) is 0 Å². The first kappa shape index (κ1) is 12.7. The number of carbonyl (C=O) groups is 2. The molecule has 5 heteroatoms.